The number of carbonyl (C=O) groups is 1. The molecule has 0 saturated heterocycles. The van der Waals surface area contributed by atoms with E-state index in [-0.39, 0.29) is 66.3 Å². The number of amides is 1. The van der Waals surface area contributed by atoms with Gasteiger partial charge in [-0.15, -0.1) is 0 Å². The van der Waals surface area contributed by atoms with E-state index in [1.165, 1.54) is 25.3 Å². The summed E-state index contributed by atoms with van der Waals surface area (Å²) >= 11 is 0. The van der Waals surface area contributed by atoms with Crippen LogP contribution in [0.2, 0.25) is 0 Å². The van der Waals surface area contributed by atoms with Crippen molar-refractivity contribution in [2.24, 2.45) is 5.84 Å². The molecule has 2 unspecified atom stereocenters. The third-order valence-corrected chi connectivity index (χ3v) is 17.4. The Balaban J connectivity index is 1.45. The Morgan fingerprint density at radius 3 is 1.78 bits per heavy atom. The number of allylic oxidation sites excluding steroid dienone is 8. The number of methoxy groups -OCH3 is 1. The topological polar surface area (TPSA) is 357 Å². The normalized spacial score (nSPS) is 19.4. The van der Waals surface area contributed by atoms with E-state index in [9.17, 15) is 69.6 Å². The van der Waals surface area contributed by atoms with Crippen molar-refractivity contribution < 1.29 is 79.0 Å². The van der Waals surface area contributed by atoms with Gasteiger partial charge in [0.1, 0.15) is 47.0 Å². The number of hydrogen-bond acceptors (Lipinski definition) is 19. The highest BCUT2D eigenvalue weighted by molar-refractivity contribution is 7.87. The summed E-state index contributed by atoms with van der Waals surface area (Å²) in [4.78, 5) is 9.94. The monoisotopic (exact) mass is 1100 g/mol. The van der Waals surface area contributed by atoms with Crippen molar-refractivity contribution in [3.8, 4) is 0 Å². The first-order chi connectivity index (χ1) is 33.9. The van der Waals surface area contributed by atoms with E-state index >= 15 is 0 Å². The first-order valence-corrected chi connectivity index (χ1v) is 29.8. The van der Waals surface area contributed by atoms with Crippen LogP contribution >= 0.6 is 0 Å². The minimum atomic E-state index is -5.34. The molecule has 396 valence electrons. The molecule has 26 heteroatoms. The van der Waals surface area contributed by atoms with Crippen LogP contribution in [0.5, 0.6) is 0 Å². The van der Waals surface area contributed by atoms with Crippen molar-refractivity contribution in [3.05, 3.63) is 108 Å². The van der Waals surface area contributed by atoms with Crippen LogP contribution in [0, 0.1) is 0 Å². The van der Waals surface area contributed by atoms with Crippen molar-refractivity contribution in [3.63, 3.8) is 0 Å². The van der Waals surface area contributed by atoms with Gasteiger partial charge in [-0.25, -0.2) is 47.9 Å². The van der Waals surface area contributed by atoms with Crippen molar-refractivity contribution in [2.75, 3.05) is 37.5 Å². The fraction of sp³-hybridized carbons (Fsp3) is 0.362. The van der Waals surface area contributed by atoms with Crippen LogP contribution in [-0.2, 0) is 71.0 Å². The number of rotatable bonds is 22. The second-order valence-corrected chi connectivity index (χ2v) is 24.9. The van der Waals surface area contributed by atoms with E-state index in [2.05, 4.69) is 5.43 Å². The lowest BCUT2D eigenvalue weighted by Gasteiger charge is -2.30. The highest BCUT2D eigenvalue weighted by Crippen LogP contribution is 2.54. The summed E-state index contributed by atoms with van der Waals surface area (Å²) in [6, 6.07) is 8.95. The summed E-state index contributed by atoms with van der Waals surface area (Å²) in [5.41, 5.74) is 2.64. The Labute approximate surface area is 424 Å². The van der Waals surface area contributed by atoms with Crippen molar-refractivity contribution in [1.29, 1.82) is 0 Å². The maximum absolute atomic E-state index is 12.6. The molecule has 4 aromatic rings. The minimum absolute atomic E-state index is 0.0389. The van der Waals surface area contributed by atoms with E-state index < -0.39 is 86.8 Å². The van der Waals surface area contributed by atoms with Gasteiger partial charge in [0.25, 0.3) is 0 Å². The first-order valence-electron chi connectivity index (χ1n) is 22.5. The van der Waals surface area contributed by atoms with E-state index in [1.54, 1.807) is 62.4 Å². The van der Waals surface area contributed by atoms with Gasteiger partial charge in [0.2, 0.25) is 11.6 Å². The molecule has 0 fully saturated rings. The number of likely N-dealkylation sites (N-methyl/N-ethyl adjacent to an activating group) is 1. The van der Waals surface area contributed by atoms with Gasteiger partial charge in [-0.05, 0) is 117 Å². The fourth-order valence-corrected chi connectivity index (χ4v) is 13.1. The molecule has 0 radical (unpaired) electrons. The van der Waals surface area contributed by atoms with Crippen LogP contribution in [0.25, 0.3) is 21.5 Å². The summed E-state index contributed by atoms with van der Waals surface area (Å²) in [6.45, 7) is 6.09. The number of nitrogens with one attached hydrogen (secondary N) is 1. The van der Waals surface area contributed by atoms with Gasteiger partial charge in [-0.2, -0.15) is 4.58 Å². The second kappa shape index (κ2) is 21.5. The number of carbonyl (C=O) groups excluding carboxylic acids is 1. The van der Waals surface area contributed by atoms with E-state index in [0.29, 0.717) is 71.9 Å². The Morgan fingerprint density at radius 1 is 0.685 bits per heavy atom. The molecular formula is C47H52N4O17S5-4. The molecule has 2 atom stereocenters. The van der Waals surface area contributed by atoms with Gasteiger partial charge >= 0.3 is 0 Å². The van der Waals surface area contributed by atoms with Crippen LogP contribution in [0.4, 0.5) is 11.4 Å². The van der Waals surface area contributed by atoms with Crippen molar-refractivity contribution >= 4 is 95.1 Å². The number of anilines is 1. The Kier molecular flexibility index (Phi) is 16.8. The van der Waals surface area contributed by atoms with Gasteiger partial charge in [0, 0.05) is 78.7 Å². The molecule has 0 bridgehead atoms. The maximum atomic E-state index is 12.6. The van der Waals surface area contributed by atoms with Crippen LogP contribution in [0.3, 0.4) is 0 Å². The van der Waals surface area contributed by atoms with Crippen LogP contribution in [0.1, 0.15) is 76.8 Å². The van der Waals surface area contributed by atoms with Crippen molar-refractivity contribution in [2.45, 2.75) is 96.1 Å². The Bertz CT molecular complexity index is 3630. The van der Waals surface area contributed by atoms with E-state index in [1.807, 2.05) is 16.4 Å². The molecule has 0 aromatic heterocycles. The predicted octanol–water partition coefficient (Wildman–Crippen LogP) is 4.23. The van der Waals surface area contributed by atoms with Crippen molar-refractivity contribution in [1.82, 2.24) is 5.43 Å². The highest BCUT2D eigenvalue weighted by Gasteiger charge is 2.49. The predicted molar refractivity (Wildman–Crippen MR) is 264 cm³/mol. The lowest BCUT2D eigenvalue weighted by Crippen LogP contribution is -2.33. The number of nitrogens with two attached hydrogens (primary N) is 1. The number of hydrogen-bond donors (Lipinski definition) is 2. The molecule has 0 aliphatic carbocycles. The third kappa shape index (κ3) is 12.2. The van der Waals surface area contributed by atoms with Crippen LogP contribution in [0.15, 0.2) is 116 Å². The smallest absolute Gasteiger partial charge is 0.233 e. The lowest BCUT2D eigenvalue weighted by molar-refractivity contribution is -0.438. The second-order valence-electron chi connectivity index (χ2n) is 17.9. The summed E-state index contributed by atoms with van der Waals surface area (Å²) < 4.78 is 192. The van der Waals surface area contributed by atoms with Crippen LogP contribution in [-0.4, -0.2) is 114 Å². The average Bonchev–Trinajstić information content (AvgIpc) is 3.68. The molecule has 3 N–H and O–H groups in total. The highest BCUT2D eigenvalue weighted by atomic mass is 32.2. The average molecular weight is 1110 g/mol. The molecule has 0 saturated carbocycles. The molecule has 2 heterocycles. The molecule has 73 heavy (non-hydrogen) atoms. The van der Waals surface area contributed by atoms with Gasteiger partial charge in [-0.3, -0.25) is 10.2 Å². The number of unbranched alkanes of at least 4 members (excludes halogenated alkanes) is 2. The molecule has 6 rings (SSSR count). The van der Waals surface area contributed by atoms with Crippen LogP contribution < -0.4 is 16.2 Å². The maximum Gasteiger partial charge on any atom is 0.233 e. The largest absolute Gasteiger partial charge is 0.748 e. The zero-order valence-corrected chi connectivity index (χ0v) is 44.0. The van der Waals surface area contributed by atoms with E-state index in [4.69, 9.17) is 10.6 Å². The number of nitrogens with zero attached hydrogens (tertiary/aromatic N) is 2. The zero-order valence-electron chi connectivity index (χ0n) is 39.9. The molecular weight excluding hydrogens is 1050 g/mol. The van der Waals surface area contributed by atoms with E-state index in [0.717, 1.165) is 12.1 Å². The SMILES string of the molecule is CCN1C(=CC=CC=CC=CC2=[N+](CCCCCC(=O)NN)c3ccc4c(S(=O)(=O)[O-])cc(S(=O)(=O)[O-])cc4c3C2(C)CCOC)C(C)(CCCS(=O)(=O)[O-])c2c1ccc1c(S(=O)(=O)[O-])cc(S(=O)(=O)[O-])cc21. The standard InChI is InChI=1S/C47H56N4O17S5/c1-5-50-37-20-18-33-35(27-31(70(56,57)58)29-39(33)72(62,63)64)44(37)46(2,22-14-26-69(53,54)55)41(50)15-10-7-6-8-11-16-42-47(3,23-25-68-4)45-36-28-32(71(59,60)61)30-40(73(65,66)67)34(36)19-21-38(45)51(42)24-13-9-12-17-43(52)49-48/h6-8,10-11,15-16,18-21,27-30H,5,9,12-14,17,22-26,48H2,1-4H3,(H5-,49,52,53,54,55,56,57,58,59,60,61,62,63,64,65,66,67)/p-4. The third-order valence-electron chi connectivity index (χ3n) is 13.2. The molecule has 21 nitrogen and oxygen atoms in total. The Hall–Kier alpha value is -5.23. The molecule has 2 aliphatic rings. The summed E-state index contributed by atoms with van der Waals surface area (Å²) in [7, 11) is -24.4. The van der Waals surface area contributed by atoms with Gasteiger partial charge in [0.05, 0.1) is 35.1 Å². The first kappa shape index (κ1) is 57.1. The minimum Gasteiger partial charge on any atom is -0.748 e. The van der Waals surface area contributed by atoms with Gasteiger partial charge < -0.3 is 32.4 Å². The van der Waals surface area contributed by atoms with Gasteiger partial charge in [-0.1, -0.05) is 36.4 Å². The lowest BCUT2D eigenvalue weighted by atomic mass is 9.75. The fourth-order valence-electron chi connectivity index (χ4n) is 9.99. The number of benzene rings is 4. The molecule has 4 aromatic carbocycles. The Morgan fingerprint density at radius 2 is 1.25 bits per heavy atom. The number of ether oxygens (including phenoxy) is 1. The number of fused-ring (bicyclic) bond motifs is 6. The number of hydrazine groups is 1. The molecule has 1 amide bonds. The quantitative estimate of drug-likeness (QED) is 0.0211. The summed E-state index contributed by atoms with van der Waals surface area (Å²) in [6.07, 6.45) is 13.6. The summed E-state index contributed by atoms with van der Waals surface area (Å²) in [5.74, 6) is 4.13. The summed E-state index contributed by atoms with van der Waals surface area (Å²) in [5, 5.41) is -0.256. The molecule has 2 aliphatic heterocycles. The zero-order chi connectivity index (χ0) is 54.1. The molecule has 0 spiro atoms. The van der Waals surface area contributed by atoms with Gasteiger partial charge in [0.15, 0.2) is 5.71 Å².